The van der Waals surface area contributed by atoms with Crippen molar-refractivity contribution < 1.29 is 37.3 Å². The zero-order valence-electron chi connectivity index (χ0n) is 33.2. The van der Waals surface area contributed by atoms with Crippen LogP contribution >= 0.6 is 7.82 Å². The van der Waals surface area contributed by atoms with Gasteiger partial charge in [0.05, 0.1) is 34.4 Å². The maximum atomic E-state index is 12.6. The van der Waals surface area contributed by atoms with Gasteiger partial charge >= 0.3 is 5.97 Å². The number of nitrogens with zero attached hydrogens (tertiary/aromatic N) is 1. The lowest BCUT2D eigenvalue weighted by molar-refractivity contribution is -0.870. The van der Waals surface area contributed by atoms with E-state index in [9.17, 15) is 14.3 Å². The maximum Gasteiger partial charge on any atom is 0.306 e. The van der Waals surface area contributed by atoms with Gasteiger partial charge in [-0.3, -0.25) is 9.36 Å². The lowest BCUT2D eigenvalue weighted by Crippen LogP contribution is -2.37. The molecule has 0 aliphatic carbocycles. The molecule has 0 amide bonds. The summed E-state index contributed by atoms with van der Waals surface area (Å²) in [7, 11) is 1.37. The molecule has 49 heavy (non-hydrogen) atoms. The van der Waals surface area contributed by atoms with Crippen LogP contribution in [0.5, 0.6) is 0 Å². The number of rotatable bonds is 39. The van der Waals surface area contributed by atoms with Crippen LogP contribution in [0.25, 0.3) is 0 Å². The first-order chi connectivity index (χ1) is 23.6. The number of hydrogen-bond acceptors (Lipinski definition) is 7. The number of likely N-dealkylation sites (N-methyl/N-ethyl adjacent to an activating group) is 1. The Kier molecular flexibility index (Phi) is 34.2. The minimum Gasteiger partial charge on any atom is -0.756 e. The third-order valence-corrected chi connectivity index (χ3v) is 10.1. The summed E-state index contributed by atoms with van der Waals surface area (Å²) in [5.41, 5.74) is 0. The minimum absolute atomic E-state index is 0.0309. The average molecular weight is 720 g/mol. The maximum absolute atomic E-state index is 12.6. The molecule has 0 heterocycles. The van der Waals surface area contributed by atoms with E-state index in [0.29, 0.717) is 24.1 Å². The fourth-order valence-corrected chi connectivity index (χ4v) is 6.63. The molecule has 8 nitrogen and oxygen atoms in total. The van der Waals surface area contributed by atoms with Crippen LogP contribution in [0.4, 0.5) is 0 Å². The third-order valence-electron chi connectivity index (χ3n) is 9.16. The van der Waals surface area contributed by atoms with Crippen LogP contribution in [0.2, 0.25) is 0 Å². The zero-order chi connectivity index (χ0) is 36.3. The quantitative estimate of drug-likeness (QED) is 0.0270. The molecule has 0 aliphatic heterocycles. The zero-order valence-corrected chi connectivity index (χ0v) is 34.1. The number of quaternary nitrogens is 1. The predicted octanol–water partition coefficient (Wildman–Crippen LogP) is 11.1. The number of phosphoric ester groups is 1. The first-order valence-corrected chi connectivity index (χ1v) is 22.2. The predicted molar refractivity (Wildman–Crippen MR) is 204 cm³/mol. The summed E-state index contributed by atoms with van der Waals surface area (Å²) >= 11 is 0. The molecular weight excluding hydrogens is 637 g/mol. The van der Waals surface area contributed by atoms with Crippen molar-refractivity contribution in [3.63, 3.8) is 0 Å². The normalized spacial score (nSPS) is 13.8. The number of esters is 1. The Labute approximate surface area is 304 Å². The molecule has 0 saturated carbocycles. The Morgan fingerprint density at radius 2 is 0.939 bits per heavy atom. The van der Waals surface area contributed by atoms with Crippen LogP contribution in [0.1, 0.15) is 194 Å². The van der Waals surface area contributed by atoms with E-state index in [1.807, 2.05) is 21.1 Å². The molecule has 0 aromatic heterocycles. The highest BCUT2D eigenvalue weighted by atomic mass is 31.2. The molecule has 0 fully saturated rings. The van der Waals surface area contributed by atoms with Gasteiger partial charge in [-0.1, -0.05) is 174 Å². The summed E-state index contributed by atoms with van der Waals surface area (Å²) in [5, 5.41) is 0. The Morgan fingerprint density at radius 3 is 1.35 bits per heavy atom. The van der Waals surface area contributed by atoms with Gasteiger partial charge in [-0.15, -0.1) is 0 Å². The van der Waals surface area contributed by atoms with Crippen LogP contribution in [-0.2, 0) is 27.9 Å². The second-order valence-electron chi connectivity index (χ2n) is 15.4. The lowest BCUT2D eigenvalue weighted by Gasteiger charge is -2.28. The first-order valence-electron chi connectivity index (χ1n) is 20.8. The summed E-state index contributed by atoms with van der Waals surface area (Å²) in [6.45, 7) is 5.44. The van der Waals surface area contributed by atoms with Crippen LogP contribution < -0.4 is 4.89 Å². The fourth-order valence-electron chi connectivity index (χ4n) is 5.90. The summed E-state index contributed by atoms with van der Waals surface area (Å²) < 4.78 is 34.4. The van der Waals surface area contributed by atoms with Crippen LogP contribution in [0.15, 0.2) is 0 Å². The highest BCUT2D eigenvalue weighted by molar-refractivity contribution is 7.45. The summed E-state index contributed by atoms with van der Waals surface area (Å²) in [6, 6.07) is 0. The molecule has 2 atom stereocenters. The Balaban J connectivity index is 4.14. The van der Waals surface area contributed by atoms with Gasteiger partial charge in [-0.25, -0.2) is 0 Å². The monoisotopic (exact) mass is 720 g/mol. The lowest BCUT2D eigenvalue weighted by atomic mass is 10.0. The second kappa shape index (κ2) is 34.6. The van der Waals surface area contributed by atoms with Crippen molar-refractivity contribution >= 4 is 13.8 Å². The number of hydrogen-bond donors (Lipinski definition) is 0. The molecule has 0 radical (unpaired) electrons. The van der Waals surface area contributed by atoms with Crippen molar-refractivity contribution in [1.29, 1.82) is 0 Å². The SMILES string of the molecule is CCCCCCCCCCCCCCCCCCCCC(=O)OC(COCCCCCCCCCCC)COP(=O)([O-])OCC[N+](C)(C)C. The van der Waals surface area contributed by atoms with Crippen molar-refractivity contribution in [2.75, 3.05) is 54.1 Å². The van der Waals surface area contributed by atoms with Gasteiger partial charge in [0.1, 0.15) is 19.3 Å². The highest BCUT2D eigenvalue weighted by Gasteiger charge is 2.20. The Bertz CT molecular complexity index is 761. The van der Waals surface area contributed by atoms with Gasteiger partial charge in [0.15, 0.2) is 0 Å². The van der Waals surface area contributed by atoms with Crippen molar-refractivity contribution in [3.8, 4) is 0 Å². The molecule has 0 spiro atoms. The van der Waals surface area contributed by atoms with E-state index in [2.05, 4.69) is 13.8 Å². The standard InChI is InChI=1S/C40H82NO7P/c1-6-8-10-12-14-16-17-18-19-20-21-22-23-24-25-27-29-31-33-40(42)48-39(38-47-49(43,44)46-36-34-41(3,4)5)37-45-35-32-30-28-26-15-13-11-9-7-2/h39H,6-38H2,1-5H3. The summed E-state index contributed by atoms with van der Waals surface area (Å²) in [5.74, 6) is -0.330. The molecule has 2 unspecified atom stereocenters. The number of ether oxygens (including phenoxy) is 2. The second-order valence-corrected chi connectivity index (χ2v) is 16.8. The topological polar surface area (TPSA) is 94.1 Å². The van der Waals surface area contributed by atoms with E-state index in [4.69, 9.17) is 18.5 Å². The number of phosphoric acid groups is 1. The van der Waals surface area contributed by atoms with Crippen molar-refractivity contribution in [1.82, 2.24) is 0 Å². The van der Waals surface area contributed by atoms with Crippen molar-refractivity contribution in [3.05, 3.63) is 0 Å². The molecular formula is C40H82NO7P. The van der Waals surface area contributed by atoms with Gasteiger partial charge in [0, 0.05) is 13.0 Å². The van der Waals surface area contributed by atoms with Crippen LogP contribution in [0.3, 0.4) is 0 Å². The van der Waals surface area contributed by atoms with Crippen molar-refractivity contribution in [2.45, 2.75) is 200 Å². The van der Waals surface area contributed by atoms with Gasteiger partial charge in [-0.05, 0) is 12.8 Å². The molecule has 0 bridgehead atoms. The number of unbranched alkanes of at least 4 members (excludes halogenated alkanes) is 25. The Hall–Kier alpha value is -0.500. The van der Waals surface area contributed by atoms with Crippen molar-refractivity contribution in [2.24, 2.45) is 0 Å². The third kappa shape index (κ3) is 38.6. The molecule has 0 N–H and O–H groups in total. The fraction of sp³-hybridized carbons (Fsp3) is 0.975. The van der Waals surface area contributed by atoms with Gasteiger partial charge < -0.3 is 27.9 Å². The largest absolute Gasteiger partial charge is 0.756 e. The van der Waals surface area contributed by atoms with Gasteiger partial charge in [0.2, 0.25) is 0 Å². The van der Waals surface area contributed by atoms with E-state index in [1.165, 1.54) is 141 Å². The molecule has 294 valence electrons. The summed E-state index contributed by atoms with van der Waals surface area (Å²) in [4.78, 5) is 24.9. The Morgan fingerprint density at radius 1 is 0.551 bits per heavy atom. The van der Waals surface area contributed by atoms with E-state index >= 15 is 0 Å². The highest BCUT2D eigenvalue weighted by Crippen LogP contribution is 2.38. The molecule has 0 rings (SSSR count). The van der Waals surface area contributed by atoms with E-state index in [-0.39, 0.29) is 25.8 Å². The van der Waals surface area contributed by atoms with Crippen LogP contribution in [0, 0.1) is 0 Å². The van der Waals surface area contributed by atoms with E-state index < -0.39 is 13.9 Å². The number of carbonyl (C=O) groups excluding carboxylic acids is 1. The minimum atomic E-state index is -4.51. The molecule has 0 saturated heterocycles. The van der Waals surface area contributed by atoms with Gasteiger partial charge in [-0.2, -0.15) is 0 Å². The van der Waals surface area contributed by atoms with Gasteiger partial charge in [0.25, 0.3) is 7.82 Å². The molecule has 0 aromatic carbocycles. The van der Waals surface area contributed by atoms with E-state index in [0.717, 1.165) is 32.1 Å². The first kappa shape index (κ1) is 48.5. The van der Waals surface area contributed by atoms with Crippen LogP contribution in [-0.4, -0.2) is 70.7 Å². The van der Waals surface area contributed by atoms with E-state index in [1.54, 1.807) is 0 Å². The molecule has 0 aromatic rings. The summed E-state index contributed by atoms with van der Waals surface area (Å²) in [6.07, 6.45) is 33.9. The smallest absolute Gasteiger partial charge is 0.306 e. The molecule has 9 heteroatoms. The average Bonchev–Trinajstić information content (AvgIpc) is 3.04. The molecule has 0 aliphatic rings. The number of carbonyl (C=O) groups is 1.